The molecule has 1 aromatic carbocycles. The number of benzene rings is 1. The maximum Gasteiger partial charge on any atom is 0.129 e. The smallest absolute Gasteiger partial charge is 0.129 e. The molecule has 0 saturated heterocycles. The van der Waals surface area contributed by atoms with Crippen LogP contribution in [-0.4, -0.2) is 12.1 Å². The first-order valence-corrected chi connectivity index (χ1v) is 8.32. The zero-order valence-corrected chi connectivity index (χ0v) is 13.2. The molecule has 2 rings (SSSR count). The average Bonchev–Trinajstić information content (AvgIpc) is 2.53. The van der Waals surface area contributed by atoms with Crippen LogP contribution in [-0.2, 0) is 4.74 Å². The Balaban J connectivity index is 2.18. The number of ether oxygens (including phenoxy) is 1. The van der Waals surface area contributed by atoms with Crippen LogP contribution in [0.25, 0.3) is 0 Å². The molecule has 0 aliphatic heterocycles. The van der Waals surface area contributed by atoms with Gasteiger partial charge in [-0.1, -0.05) is 51.3 Å². The van der Waals surface area contributed by atoms with Crippen LogP contribution >= 0.6 is 0 Å². The topological polar surface area (TPSA) is 35.2 Å². The Morgan fingerprint density at radius 2 is 1.95 bits per heavy atom. The average molecular weight is 293 g/mol. The summed E-state index contributed by atoms with van der Waals surface area (Å²) in [6.07, 6.45) is 6.54. The SMILES string of the molecule is CCC(N)C(OC1CCCCC1CC)c1ccccc1F. The fourth-order valence-corrected chi connectivity index (χ4v) is 3.33. The van der Waals surface area contributed by atoms with Gasteiger partial charge >= 0.3 is 0 Å². The number of hydrogen-bond donors (Lipinski definition) is 1. The molecule has 0 spiro atoms. The molecule has 1 aliphatic carbocycles. The van der Waals surface area contributed by atoms with Crippen LogP contribution < -0.4 is 5.73 Å². The summed E-state index contributed by atoms with van der Waals surface area (Å²) >= 11 is 0. The van der Waals surface area contributed by atoms with E-state index in [-0.39, 0.29) is 24.1 Å². The van der Waals surface area contributed by atoms with Gasteiger partial charge in [0.2, 0.25) is 0 Å². The van der Waals surface area contributed by atoms with Crippen LogP contribution in [0.15, 0.2) is 24.3 Å². The molecule has 1 aromatic rings. The van der Waals surface area contributed by atoms with Gasteiger partial charge in [-0.3, -0.25) is 0 Å². The first kappa shape index (κ1) is 16.4. The molecule has 1 fully saturated rings. The van der Waals surface area contributed by atoms with Crippen molar-refractivity contribution in [1.29, 1.82) is 0 Å². The summed E-state index contributed by atoms with van der Waals surface area (Å²) in [4.78, 5) is 0. The number of hydrogen-bond acceptors (Lipinski definition) is 2. The van der Waals surface area contributed by atoms with E-state index in [1.807, 2.05) is 13.0 Å². The Hall–Kier alpha value is -0.930. The lowest BCUT2D eigenvalue weighted by molar-refractivity contribution is -0.0737. The van der Waals surface area contributed by atoms with E-state index in [1.54, 1.807) is 12.1 Å². The van der Waals surface area contributed by atoms with Crippen LogP contribution in [0.3, 0.4) is 0 Å². The van der Waals surface area contributed by atoms with E-state index in [0.717, 1.165) is 19.3 Å². The van der Waals surface area contributed by atoms with Crippen LogP contribution in [0.2, 0.25) is 0 Å². The van der Waals surface area contributed by atoms with Crippen molar-refractivity contribution in [3.8, 4) is 0 Å². The van der Waals surface area contributed by atoms with E-state index in [4.69, 9.17) is 10.5 Å². The standard InChI is InChI=1S/C18H28FNO/c1-3-13-9-5-8-12-17(13)21-18(16(20)4-2)14-10-6-7-11-15(14)19/h6-7,10-11,13,16-18H,3-5,8-9,12,20H2,1-2H3. The van der Waals surface area contributed by atoms with Crippen LogP contribution in [0, 0.1) is 11.7 Å². The maximum absolute atomic E-state index is 14.1. The summed E-state index contributed by atoms with van der Waals surface area (Å²) in [5.74, 6) is 0.368. The molecule has 4 unspecified atom stereocenters. The summed E-state index contributed by atoms with van der Waals surface area (Å²) in [5, 5.41) is 0. The van der Waals surface area contributed by atoms with Crippen molar-refractivity contribution >= 4 is 0 Å². The van der Waals surface area contributed by atoms with E-state index in [0.29, 0.717) is 11.5 Å². The largest absolute Gasteiger partial charge is 0.368 e. The fraction of sp³-hybridized carbons (Fsp3) is 0.667. The Morgan fingerprint density at radius 3 is 2.62 bits per heavy atom. The van der Waals surface area contributed by atoms with Crippen LogP contribution in [0.4, 0.5) is 4.39 Å². The van der Waals surface area contributed by atoms with Crippen LogP contribution in [0.1, 0.15) is 64.0 Å². The highest BCUT2D eigenvalue weighted by Gasteiger charge is 2.31. The Bertz CT molecular complexity index is 437. The molecule has 0 heterocycles. The first-order valence-electron chi connectivity index (χ1n) is 8.32. The highest BCUT2D eigenvalue weighted by Crippen LogP contribution is 2.35. The number of nitrogens with two attached hydrogens (primary N) is 1. The van der Waals surface area contributed by atoms with Gasteiger partial charge in [-0.15, -0.1) is 0 Å². The van der Waals surface area contributed by atoms with E-state index >= 15 is 0 Å². The zero-order chi connectivity index (χ0) is 15.2. The molecule has 3 heteroatoms. The second-order valence-electron chi connectivity index (χ2n) is 6.14. The molecule has 0 bridgehead atoms. The number of rotatable bonds is 6. The third kappa shape index (κ3) is 4.04. The molecule has 2 nitrogen and oxygen atoms in total. The van der Waals surface area contributed by atoms with Gasteiger partial charge in [0.05, 0.1) is 6.10 Å². The van der Waals surface area contributed by atoms with Gasteiger partial charge in [-0.25, -0.2) is 4.39 Å². The first-order chi connectivity index (χ1) is 10.2. The molecule has 0 amide bonds. The van der Waals surface area contributed by atoms with Gasteiger partial charge in [0.1, 0.15) is 11.9 Å². The summed E-state index contributed by atoms with van der Waals surface area (Å²) < 4.78 is 20.5. The minimum absolute atomic E-state index is 0.165. The predicted molar refractivity (Wildman–Crippen MR) is 84.5 cm³/mol. The molecule has 1 aliphatic rings. The van der Waals surface area contributed by atoms with Gasteiger partial charge in [0, 0.05) is 11.6 Å². The molecular formula is C18H28FNO. The second kappa shape index (κ2) is 7.90. The molecule has 21 heavy (non-hydrogen) atoms. The maximum atomic E-state index is 14.1. The summed E-state index contributed by atoms with van der Waals surface area (Å²) in [6, 6.07) is 6.70. The highest BCUT2D eigenvalue weighted by molar-refractivity contribution is 5.21. The Kier molecular flexibility index (Phi) is 6.19. The third-order valence-corrected chi connectivity index (χ3v) is 4.76. The van der Waals surface area contributed by atoms with Crippen molar-refractivity contribution in [3.05, 3.63) is 35.6 Å². The summed E-state index contributed by atoms with van der Waals surface area (Å²) in [6.45, 7) is 4.24. The fourth-order valence-electron chi connectivity index (χ4n) is 3.33. The van der Waals surface area contributed by atoms with Crippen molar-refractivity contribution in [2.75, 3.05) is 0 Å². The van der Waals surface area contributed by atoms with E-state index in [2.05, 4.69) is 6.92 Å². The van der Waals surface area contributed by atoms with Crippen molar-refractivity contribution in [1.82, 2.24) is 0 Å². The zero-order valence-electron chi connectivity index (χ0n) is 13.2. The molecule has 118 valence electrons. The van der Waals surface area contributed by atoms with Crippen molar-refractivity contribution in [2.45, 2.75) is 70.6 Å². The van der Waals surface area contributed by atoms with Crippen molar-refractivity contribution in [3.63, 3.8) is 0 Å². The monoisotopic (exact) mass is 293 g/mol. The normalized spacial score (nSPS) is 25.5. The van der Waals surface area contributed by atoms with E-state index < -0.39 is 0 Å². The van der Waals surface area contributed by atoms with Crippen molar-refractivity contribution < 1.29 is 9.13 Å². The third-order valence-electron chi connectivity index (χ3n) is 4.76. The van der Waals surface area contributed by atoms with Gasteiger partial charge in [-0.05, 0) is 31.2 Å². The Labute approximate surface area is 127 Å². The quantitative estimate of drug-likeness (QED) is 0.832. The summed E-state index contributed by atoms with van der Waals surface area (Å²) in [5.41, 5.74) is 6.83. The lowest BCUT2D eigenvalue weighted by Crippen LogP contribution is -2.36. The van der Waals surface area contributed by atoms with E-state index in [1.165, 1.54) is 25.3 Å². The molecule has 0 aromatic heterocycles. The lowest BCUT2D eigenvalue weighted by Gasteiger charge is -2.36. The lowest BCUT2D eigenvalue weighted by atomic mass is 9.84. The number of halogens is 1. The molecule has 1 saturated carbocycles. The van der Waals surface area contributed by atoms with Gasteiger partial charge in [0.25, 0.3) is 0 Å². The second-order valence-corrected chi connectivity index (χ2v) is 6.14. The predicted octanol–water partition coefficient (Wildman–Crippen LogP) is 4.59. The van der Waals surface area contributed by atoms with Gasteiger partial charge in [0.15, 0.2) is 0 Å². The highest BCUT2D eigenvalue weighted by atomic mass is 19.1. The van der Waals surface area contributed by atoms with Crippen molar-refractivity contribution in [2.24, 2.45) is 11.7 Å². The van der Waals surface area contributed by atoms with Gasteiger partial charge in [-0.2, -0.15) is 0 Å². The summed E-state index contributed by atoms with van der Waals surface area (Å²) in [7, 11) is 0. The van der Waals surface area contributed by atoms with Crippen LogP contribution in [0.5, 0.6) is 0 Å². The minimum atomic E-state index is -0.339. The van der Waals surface area contributed by atoms with E-state index in [9.17, 15) is 4.39 Å². The molecular weight excluding hydrogens is 265 g/mol. The molecule has 0 radical (unpaired) electrons. The minimum Gasteiger partial charge on any atom is -0.368 e. The molecule has 4 atom stereocenters. The van der Waals surface area contributed by atoms with Gasteiger partial charge < -0.3 is 10.5 Å². The Morgan fingerprint density at radius 1 is 1.24 bits per heavy atom. The molecule has 2 N–H and O–H groups in total.